The van der Waals surface area contributed by atoms with Crippen LogP contribution in [0.3, 0.4) is 0 Å². The van der Waals surface area contributed by atoms with Crippen LogP contribution in [0.15, 0.2) is 11.0 Å². The fraction of sp³-hybridized carbons (Fsp3) is 0.667. The SMILES string of the molecule is O=c1[nH]c(CC2CCCC2)nc2c1cnn2C1CCN(I)C1. The van der Waals surface area contributed by atoms with Gasteiger partial charge in [0.05, 0.1) is 12.2 Å². The largest absolute Gasteiger partial charge is 0.310 e. The quantitative estimate of drug-likeness (QED) is 0.620. The summed E-state index contributed by atoms with van der Waals surface area (Å²) in [4.78, 5) is 20.0. The maximum Gasteiger partial charge on any atom is 0.262 e. The van der Waals surface area contributed by atoms with Crippen molar-refractivity contribution in [1.82, 2.24) is 22.9 Å². The van der Waals surface area contributed by atoms with E-state index in [1.807, 2.05) is 4.68 Å². The molecule has 1 atom stereocenters. The van der Waals surface area contributed by atoms with Crippen molar-refractivity contribution in [3.63, 3.8) is 0 Å². The lowest BCUT2D eigenvalue weighted by molar-refractivity contribution is 0.482. The van der Waals surface area contributed by atoms with Crippen LogP contribution >= 0.6 is 22.9 Å². The van der Waals surface area contributed by atoms with E-state index in [4.69, 9.17) is 4.98 Å². The van der Waals surface area contributed by atoms with Gasteiger partial charge in [-0.15, -0.1) is 0 Å². The van der Waals surface area contributed by atoms with Crippen molar-refractivity contribution < 1.29 is 0 Å². The van der Waals surface area contributed by atoms with Crippen LogP contribution in [0, 0.1) is 5.92 Å². The second kappa shape index (κ2) is 5.92. The molecular weight excluding hydrogens is 393 g/mol. The smallest absolute Gasteiger partial charge is 0.262 e. The summed E-state index contributed by atoms with van der Waals surface area (Å²) in [5.74, 6) is 1.50. The molecule has 2 fully saturated rings. The first kappa shape index (κ1) is 14.6. The molecule has 118 valence electrons. The lowest BCUT2D eigenvalue weighted by Crippen LogP contribution is -2.17. The fourth-order valence-corrected chi connectivity index (χ4v) is 4.47. The molecular formula is C15H20IN5O. The molecule has 0 radical (unpaired) electrons. The van der Waals surface area contributed by atoms with Crippen molar-refractivity contribution in [3.05, 3.63) is 22.4 Å². The highest BCUT2D eigenvalue weighted by molar-refractivity contribution is 14.1. The highest BCUT2D eigenvalue weighted by Crippen LogP contribution is 2.28. The van der Waals surface area contributed by atoms with Crippen LogP contribution in [0.1, 0.15) is 44.0 Å². The average molecular weight is 413 g/mol. The molecule has 2 aromatic rings. The standard InChI is InChI=1S/C15H20IN5O/c16-20-6-5-11(9-20)21-14-12(8-17-21)15(22)19-13(18-14)7-10-3-1-2-4-10/h8,10-11H,1-7,9H2,(H,18,19,22). The molecule has 0 spiro atoms. The van der Waals surface area contributed by atoms with Gasteiger partial charge in [-0.3, -0.25) is 4.79 Å². The van der Waals surface area contributed by atoms with E-state index in [9.17, 15) is 4.79 Å². The number of aromatic nitrogens is 4. The molecule has 22 heavy (non-hydrogen) atoms. The highest BCUT2D eigenvalue weighted by Gasteiger charge is 2.25. The molecule has 6 nitrogen and oxygen atoms in total. The number of aromatic amines is 1. The number of H-pyrrole nitrogens is 1. The summed E-state index contributed by atoms with van der Waals surface area (Å²) in [7, 11) is 0. The number of rotatable bonds is 3. The Hall–Kier alpha value is -0.960. The van der Waals surface area contributed by atoms with E-state index in [1.54, 1.807) is 6.20 Å². The maximum atomic E-state index is 12.3. The van der Waals surface area contributed by atoms with Crippen LogP contribution in [0.4, 0.5) is 0 Å². The third kappa shape index (κ3) is 2.68. The lowest BCUT2D eigenvalue weighted by atomic mass is 10.0. The van der Waals surface area contributed by atoms with Crippen LogP contribution in [0.25, 0.3) is 11.0 Å². The Kier molecular flexibility index (Phi) is 3.93. The van der Waals surface area contributed by atoms with Crippen LogP contribution < -0.4 is 5.56 Å². The van der Waals surface area contributed by atoms with Gasteiger partial charge in [-0.1, -0.05) is 25.7 Å². The predicted octanol–water partition coefficient (Wildman–Crippen LogP) is 2.45. The third-order valence-corrected chi connectivity index (χ3v) is 5.81. The number of halogens is 1. The molecule has 2 aliphatic rings. The van der Waals surface area contributed by atoms with Crippen molar-refractivity contribution in [3.8, 4) is 0 Å². The van der Waals surface area contributed by atoms with Gasteiger partial charge >= 0.3 is 0 Å². The Balaban J connectivity index is 1.69. The van der Waals surface area contributed by atoms with Crippen molar-refractivity contribution >= 4 is 33.9 Å². The summed E-state index contributed by atoms with van der Waals surface area (Å²) in [5.41, 5.74) is 0.710. The van der Waals surface area contributed by atoms with Crippen molar-refractivity contribution in [2.24, 2.45) is 5.92 Å². The predicted molar refractivity (Wildman–Crippen MR) is 93.1 cm³/mol. The summed E-state index contributed by atoms with van der Waals surface area (Å²) in [5, 5.41) is 5.06. The van der Waals surface area contributed by atoms with Gasteiger partial charge in [-0.05, 0) is 12.3 Å². The number of nitrogens with one attached hydrogen (secondary N) is 1. The minimum absolute atomic E-state index is 0.0476. The molecule has 0 aromatic carbocycles. The van der Waals surface area contributed by atoms with Gasteiger partial charge in [0.15, 0.2) is 5.65 Å². The first-order valence-electron chi connectivity index (χ1n) is 8.08. The Morgan fingerprint density at radius 3 is 2.86 bits per heavy atom. The molecule has 1 N–H and O–H groups in total. The molecule has 4 rings (SSSR count). The minimum Gasteiger partial charge on any atom is -0.310 e. The van der Waals surface area contributed by atoms with E-state index in [1.165, 1.54) is 25.7 Å². The van der Waals surface area contributed by atoms with Crippen molar-refractivity contribution in [2.45, 2.75) is 44.6 Å². The van der Waals surface area contributed by atoms with Gasteiger partial charge < -0.3 is 4.98 Å². The zero-order valence-corrected chi connectivity index (χ0v) is 14.6. The number of fused-ring (bicyclic) bond motifs is 1. The molecule has 3 heterocycles. The zero-order valence-electron chi connectivity index (χ0n) is 12.5. The van der Waals surface area contributed by atoms with E-state index >= 15 is 0 Å². The van der Waals surface area contributed by atoms with Crippen LogP contribution in [0.2, 0.25) is 0 Å². The number of hydrogen-bond donors (Lipinski definition) is 1. The first-order chi connectivity index (χ1) is 10.7. The second-order valence-electron chi connectivity index (χ2n) is 6.50. The first-order valence-corrected chi connectivity index (χ1v) is 9.04. The normalized spacial score (nSPS) is 23.8. The van der Waals surface area contributed by atoms with Crippen LogP contribution in [0.5, 0.6) is 0 Å². The van der Waals surface area contributed by atoms with Gasteiger partial charge in [0.1, 0.15) is 11.2 Å². The molecule has 2 aromatic heterocycles. The lowest BCUT2D eigenvalue weighted by Gasteiger charge is -2.12. The molecule has 0 amide bonds. The Labute approximate surface area is 142 Å². The van der Waals surface area contributed by atoms with Gasteiger partial charge in [0, 0.05) is 42.4 Å². The highest BCUT2D eigenvalue weighted by atomic mass is 127. The Morgan fingerprint density at radius 2 is 2.14 bits per heavy atom. The monoisotopic (exact) mass is 413 g/mol. The molecule has 1 aliphatic heterocycles. The molecule has 1 aliphatic carbocycles. The summed E-state index contributed by atoms with van der Waals surface area (Å²) in [6.45, 7) is 2.02. The summed E-state index contributed by atoms with van der Waals surface area (Å²) in [6, 6.07) is 0.322. The Morgan fingerprint density at radius 1 is 1.32 bits per heavy atom. The molecule has 0 bridgehead atoms. The van der Waals surface area contributed by atoms with E-state index < -0.39 is 0 Å². The van der Waals surface area contributed by atoms with Crippen molar-refractivity contribution in [1.29, 1.82) is 0 Å². The molecule has 1 saturated carbocycles. The summed E-state index contributed by atoms with van der Waals surface area (Å²) >= 11 is 2.35. The van der Waals surface area contributed by atoms with Crippen molar-refractivity contribution in [2.75, 3.05) is 13.1 Å². The van der Waals surface area contributed by atoms with Crippen LogP contribution in [-0.2, 0) is 6.42 Å². The minimum atomic E-state index is -0.0476. The molecule has 1 unspecified atom stereocenters. The average Bonchev–Trinajstić information content (AvgIpc) is 3.19. The van der Waals surface area contributed by atoms with E-state index in [0.717, 1.165) is 37.4 Å². The summed E-state index contributed by atoms with van der Waals surface area (Å²) in [6.07, 6.45) is 8.74. The zero-order chi connectivity index (χ0) is 15.1. The van der Waals surface area contributed by atoms with E-state index in [0.29, 0.717) is 17.3 Å². The van der Waals surface area contributed by atoms with Crippen LogP contribution in [-0.4, -0.2) is 36.0 Å². The Bertz CT molecular complexity index is 733. The van der Waals surface area contributed by atoms with Gasteiger partial charge in [-0.2, -0.15) is 5.10 Å². The van der Waals surface area contributed by atoms with Gasteiger partial charge in [0.25, 0.3) is 5.56 Å². The van der Waals surface area contributed by atoms with Gasteiger partial charge in [0.2, 0.25) is 0 Å². The summed E-state index contributed by atoms with van der Waals surface area (Å²) < 4.78 is 4.23. The second-order valence-corrected chi connectivity index (χ2v) is 7.87. The third-order valence-electron chi connectivity index (χ3n) is 4.93. The van der Waals surface area contributed by atoms with E-state index in [-0.39, 0.29) is 5.56 Å². The van der Waals surface area contributed by atoms with E-state index in [2.05, 4.69) is 36.1 Å². The molecule has 7 heteroatoms. The number of hydrogen-bond acceptors (Lipinski definition) is 4. The maximum absolute atomic E-state index is 12.3. The number of nitrogens with zero attached hydrogens (tertiary/aromatic N) is 4. The fourth-order valence-electron chi connectivity index (χ4n) is 3.73. The molecule has 1 saturated heterocycles. The van der Waals surface area contributed by atoms with Gasteiger partial charge in [-0.25, -0.2) is 12.8 Å². The topological polar surface area (TPSA) is 66.8 Å².